The van der Waals surface area contributed by atoms with E-state index in [0.29, 0.717) is 17.9 Å². The Labute approximate surface area is 140 Å². The molecule has 1 heterocycles. The number of hydrogen-bond donors (Lipinski definition) is 3. The summed E-state index contributed by atoms with van der Waals surface area (Å²) in [6, 6.07) is 5.91. The monoisotopic (exact) mass is 327 g/mol. The zero-order valence-electron chi connectivity index (χ0n) is 13.4. The minimum atomic E-state index is -0.656. The van der Waals surface area contributed by atoms with E-state index in [2.05, 4.69) is 16.0 Å². The number of carbonyl (C=O) groups excluding carboxylic acids is 3. The number of benzene rings is 1. The van der Waals surface area contributed by atoms with E-state index in [9.17, 15) is 14.4 Å². The van der Waals surface area contributed by atoms with Gasteiger partial charge in [-0.3, -0.25) is 14.9 Å². The molecule has 1 saturated heterocycles. The summed E-state index contributed by atoms with van der Waals surface area (Å²) in [5.41, 5.74) is 1.42. The highest BCUT2D eigenvalue weighted by molar-refractivity contribution is 6.04. The van der Waals surface area contributed by atoms with Crippen molar-refractivity contribution in [3.05, 3.63) is 29.8 Å². The first-order valence-corrected chi connectivity index (χ1v) is 8.59. The van der Waals surface area contributed by atoms with Crippen LogP contribution in [0.3, 0.4) is 0 Å². The molecule has 3 aliphatic rings. The van der Waals surface area contributed by atoms with Crippen LogP contribution in [0.25, 0.3) is 0 Å². The van der Waals surface area contributed by atoms with E-state index in [4.69, 9.17) is 0 Å². The Hall–Kier alpha value is -2.37. The van der Waals surface area contributed by atoms with Crippen molar-refractivity contribution >= 4 is 23.5 Å². The largest absolute Gasteiger partial charge is 0.326 e. The number of imide groups is 1. The molecule has 1 aliphatic heterocycles. The Morgan fingerprint density at radius 2 is 1.92 bits per heavy atom. The van der Waals surface area contributed by atoms with Crippen LogP contribution in [0, 0.1) is 17.8 Å². The quantitative estimate of drug-likeness (QED) is 0.742. The third-order valence-electron chi connectivity index (χ3n) is 5.63. The van der Waals surface area contributed by atoms with E-state index in [-0.39, 0.29) is 11.8 Å². The molecule has 24 heavy (non-hydrogen) atoms. The Balaban J connectivity index is 1.34. The summed E-state index contributed by atoms with van der Waals surface area (Å²) in [7, 11) is 0. The van der Waals surface area contributed by atoms with Crippen LogP contribution in [0.2, 0.25) is 0 Å². The molecule has 4 rings (SSSR count). The smallest absolute Gasteiger partial charge is 0.322 e. The lowest BCUT2D eigenvalue weighted by molar-refractivity contribution is -0.120. The third kappa shape index (κ3) is 2.88. The first-order valence-electron chi connectivity index (χ1n) is 8.59. The lowest BCUT2D eigenvalue weighted by Gasteiger charge is -2.21. The van der Waals surface area contributed by atoms with Crippen LogP contribution in [0.1, 0.15) is 43.7 Å². The van der Waals surface area contributed by atoms with Crippen molar-refractivity contribution in [2.24, 2.45) is 17.8 Å². The van der Waals surface area contributed by atoms with Gasteiger partial charge >= 0.3 is 6.03 Å². The predicted octanol–water partition coefficient (Wildman–Crippen LogP) is 2.33. The fourth-order valence-corrected chi connectivity index (χ4v) is 4.49. The van der Waals surface area contributed by atoms with Crippen LogP contribution in [0.15, 0.2) is 24.3 Å². The summed E-state index contributed by atoms with van der Waals surface area (Å²) in [6.45, 7) is 0. The van der Waals surface area contributed by atoms with Crippen molar-refractivity contribution in [3.63, 3.8) is 0 Å². The highest BCUT2D eigenvalue weighted by Crippen LogP contribution is 2.49. The van der Waals surface area contributed by atoms with Crippen LogP contribution < -0.4 is 16.0 Å². The number of fused-ring (bicyclic) bond motifs is 2. The van der Waals surface area contributed by atoms with Crippen LogP contribution >= 0.6 is 0 Å². The first kappa shape index (κ1) is 15.2. The number of carbonyl (C=O) groups is 3. The molecular weight excluding hydrogens is 306 g/mol. The topological polar surface area (TPSA) is 87.3 Å². The molecule has 3 N–H and O–H groups in total. The molecule has 1 aromatic rings. The Morgan fingerprint density at radius 3 is 2.50 bits per heavy atom. The van der Waals surface area contributed by atoms with Crippen molar-refractivity contribution < 1.29 is 14.4 Å². The Morgan fingerprint density at radius 1 is 1.12 bits per heavy atom. The minimum Gasteiger partial charge on any atom is -0.326 e. The molecule has 6 heteroatoms. The number of hydrogen-bond acceptors (Lipinski definition) is 3. The van der Waals surface area contributed by atoms with Crippen molar-refractivity contribution in [1.82, 2.24) is 10.6 Å². The van der Waals surface area contributed by atoms with Gasteiger partial charge in [-0.2, -0.15) is 0 Å². The second kappa shape index (κ2) is 5.92. The molecule has 0 spiro atoms. The lowest BCUT2D eigenvalue weighted by atomic mass is 9.86. The van der Waals surface area contributed by atoms with Crippen molar-refractivity contribution in [2.45, 2.75) is 38.1 Å². The number of amides is 4. The van der Waals surface area contributed by atoms with Gasteiger partial charge in [0, 0.05) is 12.1 Å². The van der Waals surface area contributed by atoms with Gasteiger partial charge in [-0.05, 0) is 54.7 Å². The van der Waals surface area contributed by atoms with Gasteiger partial charge in [-0.1, -0.05) is 18.6 Å². The third-order valence-corrected chi connectivity index (χ3v) is 5.63. The van der Waals surface area contributed by atoms with Gasteiger partial charge in [0.2, 0.25) is 5.91 Å². The van der Waals surface area contributed by atoms with E-state index in [1.54, 1.807) is 24.3 Å². The van der Waals surface area contributed by atoms with Gasteiger partial charge in [0.15, 0.2) is 0 Å². The van der Waals surface area contributed by atoms with E-state index in [0.717, 1.165) is 17.5 Å². The molecule has 3 fully saturated rings. The van der Waals surface area contributed by atoms with Gasteiger partial charge in [-0.15, -0.1) is 0 Å². The summed E-state index contributed by atoms with van der Waals surface area (Å²) < 4.78 is 0. The zero-order valence-corrected chi connectivity index (χ0v) is 13.4. The Bertz CT molecular complexity index is 685. The second-order valence-corrected chi connectivity index (χ2v) is 7.20. The lowest BCUT2D eigenvalue weighted by Crippen LogP contribution is -2.22. The molecule has 2 bridgehead atoms. The molecule has 1 aromatic carbocycles. The van der Waals surface area contributed by atoms with Crippen LogP contribution in [0.5, 0.6) is 0 Å². The Kier molecular flexibility index (Phi) is 3.75. The standard InChI is InChI=1S/C18H21N3O3/c22-15(9-13-8-10-1-2-12(13)7-10)19-14-5-3-11(4-6-14)16-17(23)21-18(24)20-16/h3-6,10,12-13,16H,1-2,7-9H2,(H,19,22)(H2,20,21,23,24). The SMILES string of the molecule is O=C(CC1CC2CCC1C2)Nc1ccc(C2NC(=O)NC2=O)cc1. The molecule has 0 radical (unpaired) electrons. The van der Waals surface area contributed by atoms with Crippen LogP contribution in [-0.4, -0.2) is 17.8 Å². The predicted molar refractivity (Wildman–Crippen MR) is 88.0 cm³/mol. The van der Waals surface area contributed by atoms with E-state index < -0.39 is 12.1 Å². The minimum absolute atomic E-state index is 0.0622. The average molecular weight is 327 g/mol. The molecule has 4 atom stereocenters. The summed E-state index contributed by atoms with van der Waals surface area (Å²) in [5, 5.41) is 7.70. The number of rotatable bonds is 4. The maximum absolute atomic E-state index is 12.2. The van der Waals surface area contributed by atoms with Gasteiger partial charge in [0.25, 0.3) is 5.91 Å². The summed E-state index contributed by atoms with van der Waals surface area (Å²) >= 11 is 0. The number of anilines is 1. The molecule has 2 saturated carbocycles. The summed E-state index contributed by atoms with van der Waals surface area (Å²) in [4.78, 5) is 35.1. The fraction of sp³-hybridized carbons (Fsp3) is 0.500. The van der Waals surface area contributed by atoms with Crippen LogP contribution in [-0.2, 0) is 9.59 Å². The van der Waals surface area contributed by atoms with E-state index in [1.807, 2.05) is 0 Å². The van der Waals surface area contributed by atoms with Crippen molar-refractivity contribution in [1.29, 1.82) is 0 Å². The van der Waals surface area contributed by atoms with Gasteiger partial charge in [0.05, 0.1) is 0 Å². The molecule has 126 valence electrons. The maximum Gasteiger partial charge on any atom is 0.322 e. The first-order chi connectivity index (χ1) is 11.6. The number of urea groups is 1. The molecule has 0 aromatic heterocycles. The van der Waals surface area contributed by atoms with Crippen molar-refractivity contribution in [2.75, 3.05) is 5.32 Å². The molecule has 6 nitrogen and oxygen atoms in total. The normalized spacial score (nSPS) is 31.0. The zero-order chi connectivity index (χ0) is 16.7. The summed E-state index contributed by atoms with van der Waals surface area (Å²) in [5.74, 6) is 1.84. The maximum atomic E-state index is 12.2. The second-order valence-electron chi connectivity index (χ2n) is 7.20. The van der Waals surface area contributed by atoms with E-state index >= 15 is 0 Å². The van der Waals surface area contributed by atoms with Gasteiger partial charge in [-0.25, -0.2) is 4.79 Å². The highest BCUT2D eigenvalue weighted by atomic mass is 16.2. The van der Waals surface area contributed by atoms with E-state index in [1.165, 1.54) is 25.7 Å². The van der Waals surface area contributed by atoms with Gasteiger partial charge < -0.3 is 10.6 Å². The van der Waals surface area contributed by atoms with Gasteiger partial charge in [0.1, 0.15) is 6.04 Å². The molecule has 4 unspecified atom stereocenters. The molecule has 4 amide bonds. The van der Waals surface area contributed by atoms with Crippen LogP contribution in [0.4, 0.5) is 10.5 Å². The molecular formula is C18H21N3O3. The highest BCUT2D eigenvalue weighted by Gasteiger charge is 2.40. The summed E-state index contributed by atoms with van der Waals surface area (Å²) in [6.07, 6.45) is 5.74. The average Bonchev–Trinajstić information content (AvgIpc) is 3.24. The molecule has 2 aliphatic carbocycles. The number of nitrogens with one attached hydrogen (secondary N) is 3. The van der Waals surface area contributed by atoms with Crippen molar-refractivity contribution in [3.8, 4) is 0 Å². The fourth-order valence-electron chi connectivity index (χ4n) is 4.49.